The van der Waals surface area contributed by atoms with E-state index in [9.17, 15) is 4.79 Å². The second kappa shape index (κ2) is 6.23. The highest BCUT2D eigenvalue weighted by Gasteiger charge is 2.32. The Bertz CT molecular complexity index is 281. The number of rotatable bonds is 4. The zero-order valence-electron chi connectivity index (χ0n) is 12.5. The van der Waals surface area contributed by atoms with Gasteiger partial charge in [0, 0.05) is 31.7 Å². The van der Waals surface area contributed by atoms with E-state index in [1.807, 2.05) is 25.7 Å². The third-order valence-electron chi connectivity index (χ3n) is 3.82. The van der Waals surface area contributed by atoms with Crippen LogP contribution in [0, 0.1) is 5.41 Å². The first-order chi connectivity index (χ1) is 8.97. The Morgan fingerprint density at radius 3 is 1.84 bits per heavy atom. The van der Waals surface area contributed by atoms with Gasteiger partial charge in [-0.3, -0.25) is 4.79 Å². The highest BCUT2D eigenvalue weighted by Crippen LogP contribution is 2.22. The Labute approximate surface area is 116 Å². The van der Waals surface area contributed by atoms with Crippen LogP contribution in [0.1, 0.15) is 46.5 Å². The molecule has 2 unspecified atom stereocenters. The Balaban J connectivity index is 1.96. The average Bonchev–Trinajstić information content (AvgIpc) is 2.98. The molecule has 0 aromatic heterocycles. The molecule has 2 rings (SSSR count). The van der Waals surface area contributed by atoms with Crippen molar-refractivity contribution >= 4 is 5.91 Å². The molecule has 2 atom stereocenters. The molecular formula is C15H27NO3. The fourth-order valence-electron chi connectivity index (χ4n) is 2.78. The number of nitrogens with zero attached hydrogens (tertiary/aromatic N) is 1. The molecule has 0 N–H and O–H groups in total. The third kappa shape index (κ3) is 4.18. The largest absolute Gasteiger partial charge is 0.376 e. The first kappa shape index (κ1) is 14.8. The van der Waals surface area contributed by atoms with Gasteiger partial charge in [-0.05, 0) is 25.7 Å². The molecule has 2 fully saturated rings. The van der Waals surface area contributed by atoms with Crippen LogP contribution in [0.15, 0.2) is 0 Å². The number of amides is 1. The van der Waals surface area contributed by atoms with Gasteiger partial charge in [0.15, 0.2) is 0 Å². The third-order valence-corrected chi connectivity index (χ3v) is 3.82. The van der Waals surface area contributed by atoms with Gasteiger partial charge < -0.3 is 14.4 Å². The van der Waals surface area contributed by atoms with E-state index in [0.29, 0.717) is 0 Å². The van der Waals surface area contributed by atoms with Gasteiger partial charge >= 0.3 is 0 Å². The summed E-state index contributed by atoms with van der Waals surface area (Å²) < 4.78 is 11.4. The molecule has 0 aromatic carbocycles. The van der Waals surface area contributed by atoms with Crippen LogP contribution >= 0.6 is 0 Å². The standard InChI is InChI=1S/C15H27NO3/c1-15(2,3)14(17)16(10-12-6-4-8-18-12)11-13-7-5-9-19-13/h12-13H,4-11H2,1-3H3. The Morgan fingerprint density at radius 1 is 1.05 bits per heavy atom. The number of carbonyl (C=O) groups excluding carboxylic acids is 1. The highest BCUT2D eigenvalue weighted by molar-refractivity contribution is 5.81. The molecule has 0 bridgehead atoms. The number of carbonyl (C=O) groups is 1. The monoisotopic (exact) mass is 269 g/mol. The topological polar surface area (TPSA) is 38.8 Å². The van der Waals surface area contributed by atoms with Crippen LogP contribution < -0.4 is 0 Å². The molecule has 110 valence electrons. The molecule has 2 heterocycles. The van der Waals surface area contributed by atoms with Gasteiger partial charge in [-0.25, -0.2) is 0 Å². The lowest BCUT2D eigenvalue weighted by Crippen LogP contribution is -2.46. The summed E-state index contributed by atoms with van der Waals surface area (Å²) in [7, 11) is 0. The van der Waals surface area contributed by atoms with Crippen molar-refractivity contribution in [1.82, 2.24) is 4.90 Å². The van der Waals surface area contributed by atoms with E-state index in [-0.39, 0.29) is 23.5 Å². The molecule has 4 heteroatoms. The highest BCUT2D eigenvalue weighted by atomic mass is 16.5. The van der Waals surface area contributed by atoms with E-state index in [2.05, 4.69) is 0 Å². The van der Waals surface area contributed by atoms with Gasteiger partial charge in [0.1, 0.15) is 0 Å². The van der Waals surface area contributed by atoms with Crippen LogP contribution in [0.2, 0.25) is 0 Å². The summed E-state index contributed by atoms with van der Waals surface area (Å²) in [6.45, 7) is 9.05. The minimum atomic E-state index is -0.336. The molecule has 2 aliphatic heterocycles. The SMILES string of the molecule is CC(C)(C)C(=O)N(CC1CCCO1)CC1CCCO1. The second-order valence-corrected chi connectivity index (χ2v) is 6.73. The number of hydrogen-bond acceptors (Lipinski definition) is 3. The predicted molar refractivity (Wildman–Crippen MR) is 74.0 cm³/mol. The molecule has 0 aromatic rings. The molecule has 1 amide bonds. The van der Waals surface area contributed by atoms with Crippen molar-refractivity contribution in [3.63, 3.8) is 0 Å². The molecule has 2 saturated heterocycles. The van der Waals surface area contributed by atoms with Gasteiger partial charge in [0.2, 0.25) is 5.91 Å². The van der Waals surface area contributed by atoms with E-state index in [1.54, 1.807) is 0 Å². The van der Waals surface area contributed by atoms with Gasteiger partial charge in [0.25, 0.3) is 0 Å². The maximum absolute atomic E-state index is 12.6. The van der Waals surface area contributed by atoms with E-state index in [4.69, 9.17) is 9.47 Å². The van der Waals surface area contributed by atoms with Crippen molar-refractivity contribution < 1.29 is 14.3 Å². The maximum Gasteiger partial charge on any atom is 0.228 e. The van der Waals surface area contributed by atoms with Crippen LogP contribution in [-0.2, 0) is 14.3 Å². The van der Waals surface area contributed by atoms with E-state index in [1.165, 1.54) is 0 Å². The first-order valence-electron chi connectivity index (χ1n) is 7.49. The molecule has 4 nitrogen and oxygen atoms in total. The van der Waals surface area contributed by atoms with Gasteiger partial charge in [-0.2, -0.15) is 0 Å². The van der Waals surface area contributed by atoms with Crippen molar-refractivity contribution in [1.29, 1.82) is 0 Å². The maximum atomic E-state index is 12.6. The van der Waals surface area contributed by atoms with Crippen molar-refractivity contribution in [2.45, 2.75) is 58.7 Å². The average molecular weight is 269 g/mol. The van der Waals surface area contributed by atoms with Crippen molar-refractivity contribution in [3.05, 3.63) is 0 Å². The molecule has 19 heavy (non-hydrogen) atoms. The summed E-state index contributed by atoms with van der Waals surface area (Å²) in [6, 6.07) is 0. The van der Waals surface area contributed by atoms with Crippen LogP contribution in [-0.4, -0.2) is 49.3 Å². The molecule has 0 radical (unpaired) electrons. The minimum Gasteiger partial charge on any atom is -0.376 e. The van der Waals surface area contributed by atoms with Gasteiger partial charge in [-0.1, -0.05) is 20.8 Å². The van der Waals surface area contributed by atoms with Crippen molar-refractivity contribution in [2.75, 3.05) is 26.3 Å². The predicted octanol–water partition coefficient (Wildman–Crippen LogP) is 2.22. The number of hydrogen-bond donors (Lipinski definition) is 0. The Hall–Kier alpha value is -0.610. The fourth-order valence-corrected chi connectivity index (χ4v) is 2.78. The van der Waals surface area contributed by atoms with Crippen LogP contribution in [0.25, 0.3) is 0 Å². The van der Waals surface area contributed by atoms with Gasteiger partial charge in [-0.15, -0.1) is 0 Å². The van der Waals surface area contributed by atoms with E-state index < -0.39 is 0 Å². The molecule has 0 saturated carbocycles. The summed E-state index contributed by atoms with van der Waals surface area (Å²) in [4.78, 5) is 14.5. The Morgan fingerprint density at radius 2 is 1.53 bits per heavy atom. The summed E-state index contributed by atoms with van der Waals surface area (Å²) in [5.74, 6) is 0.207. The minimum absolute atomic E-state index is 0.207. The van der Waals surface area contributed by atoms with Crippen LogP contribution in [0.3, 0.4) is 0 Å². The normalized spacial score (nSPS) is 27.7. The quantitative estimate of drug-likeness (QED) is 0.785. The Kier molecular flexibility index (Phi) is 4.85. The first-order valence-corrected chi connectivity index (χ1v) is 7.49. The zero-order chi connectivity index (χ0) is 13.9. The zero-order valence-corrected chi connectivity index (χ0v) is 12.5. The molecule has 0 aliphatic carbocycles. The summed E-state index contributed by atoms with van der Waals surface area (Å²) >= 11 is 0. The van der Waals surface area contributed by atoms with Crippen LogP contribution in [0.5, 0.6) is 0 Å². The fraction of sp³-hybridized carbons (Fsp3) is 0.933. The van der Waals surface area contributed by atoms with E-state index >= 15 is 0 Å². The molecular weight excluding hydrogens is 242 g/mol. The van der Waals surface area contributed by atoms with E-state index in [0.717, 1.165) is 52.0 Å². The lowest BCUT2D eigenvalue weighted by molar-refractivity contribution is -0.142. The smallest absolute Gasteiger partial charge is 0.228 e. The summed E-state index contributed by atoms with van der Waals surface area (Å²) in [5, 5.41) is 0. The van der Waals surface area contributed by atoms with Gasteiger partial charge in [0.05, 0.1) is 12.2 Å². The number of ether oxygens (including phenoxy) is 2. The van der Waals surface area contributed by atoms with Crippen molar-refractivity contribution in [2.24, 2.45) is 5.41 Å². The molecule has 2 aliphatic rings. The lowest BCUT2D eigenvalue weighted by Gasteiger charge is -2.32. The second-order valence-electron chi connectivity index (χ2n) is 6.73. The summed E-state index contributed by atoms with van der Waals surface area (Å²) in [6.07, 6.45) is 4.80. The van der Waals surface area contributed by atoms with Crippen molar-refractivity contribution in [3.8, 4) is 0 Å². The molecule has 0 spiro atoms. The van der Waals surface area contributed by atoms with Crippen LogP contribution in [0.4, 0.5) is 0 Å². The lowest BCUT2D eigenvalue weighted by atomic mass is 9.94. The summed E-state index contributed by atoms with van der Waals surface area (Å²) in [5.41, 5.74) is -0.336.